The van der Waals surface area contributed by atoms with Crippen molar-refractivity contribution >= 4 is 17.7 Å². The summed E-state index contributed by atoms with van der Waals surface area (Å²) in [5, 5.41) is 3.23. The minimum Gasteiger partial charge on any atom is -0.468 e. The van der Waals surface area contributed by atoms with Gasteiger partial charge in [-0.05, 0) is 12.1 Å². The SMILES string of the molecule is O=C(CSCc1ccco1)N1CCNCC1. The predicted molar refractivity (Wildman–Crippen MR) is 64.3 cm³/mol. The zero-order valence-electron chi connectivity index (χ0n) is 9.15. The Morgan fingerprint density at radius 2 is 2.31 bits per heavy atom. The molecule has 1 aromatic rings. The van der Waals surface area contributed by atoms with Crippen molar-refractivity contribution in [1.82, 2.24) is 10.2 Å². The summed E-state index contributed by atoms with van der Waals surface area (Å²) in [6, 6.07) is 3.80. The second kappa shape index (κ2) is 5.96. The van der Waals surface area contributed by atoms with Crippen LogP contribution in [0.1, 0.15) is 5.76 Å². The van der Waals surface area contributed by atoms with Gasteiger partial charge in [0, 0.05) is 26.2 Å². The predicted octanol–water partition coefficient (Wildman–Crippen LogP) is 0.945. The molecule has 0 saturated carbocycles. The van der Waals surface area contributed by atoms with E-state index < -0.39 is 0 Å². The fourth-order valence-corrected chi connectivity index (χ4v) is 2.46. The molecule has 1 amide bonds. The van der Waals surface area contributed by atoms with Crippen molar-refractivity contribution in [1.29, 1.82) is 0 Å². The van der Waals surface area contributed by atoms with Gasteiger partial charge in [0.1, 0.15) is 5.76 Å². The molecule has 0 unspecified atom stereocenters. The molecule has 88 valence electrons. The quantitative estimate of drug-likeness (QED) is 0.851. The van der Waals surface area contributed by atoms with Crippen LogP contribution in [0, 0.1) is 0 Å². The van der Waals surface area contributed by atoms with Gasteiger partial charge in [-0.1, -0.05) is 0 Å². The lowest BCUT2D eigenvalue weighted by Crippen LogP contribution is -2.47. The Labute approximate surface area is 99.4 Å². The number of thioether (sulfide) groups is 1. The molecule has 1 aromatic heterocycles. The van der Waals surface area contributed by atoms with Crippen LogP contribution in [0.3, 0.4) is 0 Å². The number of hydrogen-bond donors (Lipinski definition) is 1. The maximum atomic E-state index is 11.8. The summed E-state index contributed by atoms with van der Waals surface area (Å²) < 4.78 is 5.21. The average molecular weight is 240 g/mol. The van der Waals surface area contributed by atoms with Crippen molar-refractivity contribution in [3.05, 3.63) is 24.2 Å². The molecule has 0 spiro atoms. The summed E-state index contributed by atoms with van der Waals surface area (Å²) in [5.74, 6) is 2.47. The van der Waals surface area contributed by atoms with Crippen molar-refractivity contribution < 1.29 is 9.21 Å². The van der Waals surface area contributed by atoms with E-state index in [1.807, 2.05) is 17.0 Å². The summed E-state index contributed by atoms with van der Waals surface area (Å²) in [4.78, 5) is 13.7. The van der Waals surface area contributed by atoms with Gasteiger partial charge in [-0.3, -0.25) is 4.79 Å². The maximum absolute atomic E-state index is 11.8. The maximum Gasteiger partial charge on any atom is 0.232 e. The zero-order valence-corrected chi connectivity index (χ0v) is 9.96. The van der Waals surface area contributed by atoms with Gasteiger partial charge < -0.3 is 14.6 Å². The largest absolute Gasteiger partial charge is 0.468 e. The molecule has 2 heterocycles. The van der Waals surface area contributed by atoms with E-state index in [4.69, 9.17) is 4.42 Å². The Morgan fingerprint density at radius 3 is 3.00 bits per heavy atom. The highest BCUT2D eigenvalue weighted by Gasteiger charge is 2.15. The van der Waals surface area contributed by atoms with E-state index in [0.29, 0.717) is 5.75 Å². The van der Waals surface area contributed by atoms with Crippen LogP contribution in [0.2, 0.25) is 0 Å². The third-order valence-corrected chi connectivity index (χ3v) is 3.46. The van der Waals surface area contributed by atoms with E-state index in [2.05, 4.69) is 5.32 Å². The number of piperazine rings is 1. The average Bonchev–Trinajstić information content (AvgIpc) is 2.83. The lowest BCUT2D eigenvalue weighted by atomic mass is 10.3. The Balaban J connectivity index is 1.67. The van der Waals surface area contributed by atoms with E-state index >= 15 is 0 Å². The van der Waals surface area contributed by atoms with Crippen LogP contribution < -0.4 is 5.32 Å². The highest BCUT2D eigenvalue weighted by atomic mass is 32.2. The molecule has 1 aliphatic heterocycles. The molecule has 5 heteroatoms. The number of carbonyl (C=O) groups excluding carboxylic acids is 1. The number of hydrogen-bond acceptors (Lipinski definition) is 4. The van der Waals surface area contributed by atoms with Crippen LogP contribution in [0.4, 0.5) is 0 Å². The Kier molecular flexibility index (Phi) is 4.30. The van der Waals surface area contributed by atoms with E-state index in [1.165, 1.54) is 0 Å². The standard InChI is InChI=1S/C11H16N2O2S/c14-11(13-5-3-12-4-6-13)9-16-8-10-2-1-7-15-10/h1-2,7,12H,3-6,8-9H2. The van der Waals surface area contributed by atoms with Gasteiger partial charge in [-0.15, -0.1) is 11.8 Å². The number of nitrogens with one attached hydrogen (secondary N) is 1. The number of amides is 1. The Bertz CT molecular complexity index is 321. The van der Waals surface area contributed by atoms with Crippen molar-refractivity contribution in [3.8, 4) is 0 Å². The first kappa shape index (κ1) is 11.5. The lowest BCUT2D eigenvalue weighted by molar-refractivity contribution is -0.128. The van der Waals surface area contributed by atoms with Gasteiger partial charge in [0.05, 0.1) is 17.8 Å². The van der Waals surface area contributed by atoms with E-state index in [9.17, 15) is 4.79 Å². The number of rotatable bonds is 4. The van der Waals surface area contributed by atoms with Gasteiger partial charge in [0.15, 0.2) is 0 Å². The van der Waals surface area contributed by atoms with Gasteiger partial charge in [-0.25, -0.2) is 0 Å². The second-order valence-corrected chi connectivity index (χ2v) is 4.69. The molecule has 16 heavy (non-hydrogen) atoms. The molecule has 1 aliphatic rings. The highest BCUT2D eigenvalue weighted by molar-refractivity contribution is 7.99. The molecule has 1 saturated heterocycles. The summed E-state index contributed by atoms with van der Waals surface area (Å²) in [7, 11) is 0. The second-order valence-electron chi connectivity index (χ2n) is 3.70. The molecule has 0 bridgehead atoms. The normalized spacial score (nSPS) is 16.4. The smallest absolute Gasteiger partial charge is 0.232 e. The van der Waals surface area contributed by atoms with Crippen molar-refractivity contribution in [2.75, 3.05) is 31.9 Å². The van der Waals surface area contributed by atoms with Crippen molar-refractivity contribution in [2.24, 2.45) is 0 Å². The molecule has 0 aliphatic carbocycles. The molecular formula is C11H16N2O2S. The number of furan rings is 1. The van der Waals surface area contributed by atoms with Crippen LogP contribution in [-0.2, 0) is 10.5 Å². The minimum absolute atomic E-state index is 0.234. The summed E-state index contributed by atoms with van der Waals surface area (Å²) in [6.07, 6.45) is 1.66. The van der Waals surface area contributed by atoms with E-state index in [1.54, 1.807) is 18.0 Å². The molecule has 4 nitrogen and oxygen atoms in total. The van der Waals surface area contributed by atoms with Crippen molar-refractivity contribution in [3.63, 3.8) is 0 Å². The summed E-state index contributed by atoms with van der Waals surface area (Å²) in [5.41, 5.74) is 0. The minimum atomic E-state index is 0.234. The first-order chi connectivity index (χ1) is 7.86. The number of nitrogens with zero attached hydrogens (tertiary/aromatic N) is 1. The van der Waals surface area contributed by atoms with Crippen LogP contribution in [-0.4, -0.2) is 42.7 Å². The molecular weight excluding hydrogens is 224 g/mol. The first-order valence-electron chi connectivity index (χ1n) is 5.45. The third-order valence-electron chi connectivity index (χ3n) is 2.52. The monoisotopic (exact) mass is 240 g/mol. The fraction of sp³-hybridized carbons (Fsp3) is 0.545. The lowest BCUT2D eigenvalue weighted by Gasteiger charge is -2.27. The fourth-order valence-electron chi connectivity index (χ4n) is 1.64. The van der Waals surface area contributed by atoms with Crippen molar-refractivity contribution in [2.45, 2.75) is 5.75 Å². The van der Waals surface area contributed by atoms with Crippen LogP contribution in [0.5, 0.6) is 0 Å². The van der Waals surface area contributed by atoms with Gasteiger partial charge >= 0.3 is 0 Å². The number of carbonyl (C=O) groups is 1. The van der Waals surface area contributed by atoms with Gasteiger partial charge in [0.25, 0.3) is 0 Å². The summed E-state index contributed by atoms with van der Waals surface area (Å²) >= 11 is 1.61. The van der Waals surface area contributed by atoms with E-state index in [-0.39, 0.29) is 5.91 Å². The summed E-state index contributed by atoms with van der Waals surface area (Å²) in [6.45, 7) is 3.49. The molecule has 1 fully saturated rings. The zero-order chi connectivity index (χ0) is 11.2. The third kappa shape index (κ3) is 3.28. The topological polar surface area (TPSA) is 45.5 Å². The Morgan fingerprint density at radius 1 is 1.50 bits per heavy atom. The molecule has 0 atom stereocenters. The van der Waals surface area contributed by atoms with Crippen LogP contribution in [0.25, 0.3) is 0 Å². The van der Waals surface area contributed by atoms with Gasteiger partial charge in [0.2, 0.25) is 5.91 Å². The highest BCUT2D eigenvalue weighted by Crippen LogP contribution is 2.13. The van der Waals surface area contributed by atoms with Gasteiger partial charge in [-0.2, -0.15) is 0 Å². The molecule has 2 rings (SSSR count). The molecule has 0 radical (unpaired) electrons. The Hall–Kier alpha value is -0.940. The molecule has 0 aromatic carbocycles. The molecule has 1 N–H and O–H groups in total. The van der Waals surface area contributed by atoms with Crippen LogP contribution >= 0.6 is 11.8 Å². The van der Waals surface area contributed by atoms with E-state index in [0.717, 1.165) is 37.7 Å². The first-order valence-corrected chi connectivity index (χ1v) is 6.60. The van der Waals surface area contributed by atoms with Crippen LogP contribution in [0.15, 0.2) is 22.8 Å².